The summed E-state index contributed by atoms with van der Waals surface area (Å²) in [6, 6.07) is 17.7. The van der Waals surface area contributed by atoms with Crippen LogP contribution in [-0.2, 0) is 6.54 Å². The topological polar surface area (TPSA) is 70.4 Å². The van der Waals surface area contributed by atoms with Crippen LogP contribution in [-0.4, -0.2) is 55.1 Å². The van der Waals surface area contributed by atoms with Crippen molar-refractivity contribution in [3.05, 3.63) is 83.9 Å². The molecular weight excluding hydrogens is 484 g/mol. The van der Waals surface area contributed by atoms with Crippen LogP contribution in [0.5, 0.6) is 5.75 Å². The molecule has 9 heteroatoms. The highest BCUT2D eigenvalue weighted by molar-refractivity contribution is 8.23. The van der Waals surface area contributed by atoms with Crippen molar-refractivity contribution < 1.29 is 23.0 Å². The molecule has 3 aromatic rings. The first-order valence-corrected chi connectivity index (χ1v) is 13.4. The van der Waals surface area contributed by atoms with Gasteiger partial charge in [0.15, 0.2) is 0 Å². The quantitative estimate of drug-likeness (QED) is 0.391. The van der Waals surface area contributed by atoms with Gasteiger partial charge in [0.25, 0.3) is 0 Å². The zero-order valence-corrected chi connectivity index (χ0v) is 21.1. The Bertz CT molecular complexity index is 1280. The molecule has 2 atom stereocenters. The van der Waals surface area contributed by atoms with Crippen molar-refractivity contribution in [3.8, 4) is 16.9 Å². The number of likely N-dealkylation sites (tertiary alicyclic amines) is 1. The Kier molecular flexibility index (Phi) is 6.46. The molecule has 3 N–H and O–H groups in total. The fourth-order valence-electron chi connectivity index (χ4n) is 5.71. The molecular formula is C27H31F2N3O3S. The van der Waals surface area contributed by atoms with Crippen LogP contribution in [0.3, 0.4) is 0 Å². The van der Waals surface area contributed by atoms with E-state index < -0.39 is 22.3 Å². The Labute approximate surface area is 212 Å². The van der Waals surface area contributed by atoms with Gasteiger partial charge in [-0.15, -0.1) is 0 Å². The molecule has 0 unspecified atom stereocenters. The zero-order chi connectivity index (χ0) is 25.7. The maximum Gasteiger partial charge on any atom is 0.131 e. The number of aromatic hydroxyl groups is 1. The van der Waals surface area contributed by atoms with Crippen LogP contribution in [0.4, 0.5) is 14.5 Å². The lowest BCUT2D eigenvalue weighted by Gasteiger charge is -2.51. The molecule has 2 heterocycles. The van der Waals surface area contributed by atoms with Crippen molar-refractivity contribution in [2.24, 2.45) is 0 Å². The summed E-state index contributed by atoms with van der Waals surface area (Å²) < 4.78 is 53.8. The van der Waals surface area contributed by atoms with Crippen LogP contribution < -0.4 is 4.31 Å². The van der Waals surface area contributed by atoms with E-state index >= 15 is 0 Å². The molecule has 0 radical (unpaired) electrons. The number of halogens is 2. The van der Waals surface area contributed by atoms with Gasteiger partial charge in [-0.25, -0.2) is 8.78 Å². The lowest BCUT2D eigenvalue weighted by atomic mass is 9.82. The molecule has 0 bridgehead atoms. The zero-order valence-electron chi connectivity index (χ0n) is 20.3. The molecule has 2 saturated heterocycles. The Morgan fingerprint density at radius 1 is 1.00 bits per heavy atom. The summed E-state index contributed by atoms with van der Waals surface area (Å²) in [4.78, 5) is 2.30. The number of anilines is 1. The van der Waals surface area contributed by atoms with Crippen LogP contribution in [0.15, 0.2) is 66.7 Å². The molecule has 0 aliphatic carbocycles. The predicted molar refractivity (Wildman–Crippen MR) is 140 cm³/mol. The van der Waals surface area contributed by atoms with Gasteiger partial charge >= 0.3 is 0 Å². The highest BCUT2D eigenvalue weighted by Gasteiger charge is 2.55. The minimum Gasteiger partial charge on any atom is -0.507 e. The minimum absolute atomic E-state index is 0.0273. The van der Waals surface area contributed by atoms with Gasteiger partial charge in [0.05, 0.1) is 11.2 Å². The summed E-state index contributed by atoms with van der Waals surface area (Å²) in [5.74, 6) is -0.782. The second kappa shape index (κ2) is 9.32. The van der Waals surface area contributed by atoms with Gasteiger partial charge in [0, 0.05) is 43.9 Å². The highest BCUT2D eigenvalue weighted by atomic mass is 32.3. The van der Waals surface area contributed by atoms with Gasteiger partial charge in [-0.2, -0.15) is 4.31 Å². The van der Waals surface area contributed by atoms with Crippen molar-refractivity contribution in [2.45, 2.75) is 37.9 Å². The molecule has 3 aromatic carbocycles. The number of benzene rings is 3. The molecule has 5 rings (SSSR count). The van der Waals surface area contributed by atoms with E-state index in [1.165, 1.54) is 18.2 Å². The predicted octanol–water partition coefficient (Wildman–Crippen LogP) is 6.09. The second-order valence-electron chi connectivity index (χ2n) is 9.88. The summed E-state index contributed by atoms with van der Waals surface area (Å²) >= 11 is 0. The number of nitrogens with zero attached hydrogens (tertiary/aromatic N) is 3. The van der Waals surface area contributed by atoms with E-state index in [1.54, 1.807) is 52.1 Å². The Morgan fingerprint density at radius 2 is 1.78 bits per heavy atom. The second-order valence-corrected chi connectivity index (χ2v) is 11.8. The Morgan fingerprint density at radius 3 is 2.50 bits per heavy atom. The molecule has 2 aliphatic rings. The SMILES string of the molecule is C[C@H]1C[C@]2(CCN1Cc1ccc(O)c(-c3ccccc3F)c1)CN(C)S(O)(O)N2c1cccc(F)c1. The van der Waals surface area contributed by atoms with Crippen molar-refractivity contribution in [1.29, 1.82) is 0 Å². The average molecular weight is 516 g/mol. The van der Waals surface area contributed by atoms with Crippen LogP contribution in [0.1, 0.15) is 25.3 Å². The van der Waals surface area contributed by atoms with E-state index in [0.29, 0.717) is 49.3 Å². The third-order valence-corrected chi connectivity index (χ3v) is 9.48. The van der Waals surface area contributed by atoms with E-state index in [0.717, 1.165) is 5.56 Å². The van der Waals surface area contributed by atoms with Crippen molar-refractivity contribution in [3.63, 3.8) is 0 Å². The molecule has 0 aromatic heterocycles. The maximum atomic E-state index is 14.4. The van der Waals surface area contributed by atoms with E-state index in [4.69, 9.17) is 0 Å². The largest absolute Gasteiger partial charge is 0.507 e. The van der Waals surface area contributed by atoms with E-state index in [9.17, 15) is 23.0 Å². The lowest BCUT2D eigenvalue weighted by Crippen LogP contribution is -2.57. The number of phenols is 1. The van der Waals surface area contributed by atoms with Crippen LogP contribution in [0.25, 0.3) is 11.1 Å². The fourth-order valence-corrected chi connectivity index (χ4v) is 7.54. The van der Waals surface area contributed by atoms with Gasteiger partial charge in [0.2, 0.25) is 0 Å². The van der Waals surface area contributed by atoms with Gasteiger partial charge < -0.3 is 5.11 Å². The summed E-state index contributed by atoms with van der Waals surface area (Å²) in [7, 11) is -1.58. The third kappa shape index (κ3) is 4.35. The molecule has 36 heavy (non-hydrogen) atoms. The van der Waals surface area contributed by atoms with Gasteiger partial charge in [-0.3, -0.25) is 18.3 Å². The summed E-state index contributed by atoms with van der Waals surface area (Å²) in [6.45, 7) is 3.85. The molecule has 0 amide bonds. The number of hydrogen-bond acceptors (Lipinski definition) is 6. The third-order valence-electron chi connectivity index (χ3n) is 7.43. The van der Waals surface area contributed by atoms with Gasteiger partial charge in [0.1, 0.15) is 17.4 Å². The Hall–Kier alpha value is -2.69. The van der Waals surface area contributed by atoms with Crippen molar-refractivity contribution in [2.75, 3.05) is 24.4 Å². The van der Waals surface area contributed by atoms with E-state index in [2.05, 4.69) is 11.8 Å². The summed E-state index contributed by atoms with van der Waals surface area (Å²) in [6.07, 6.45) is 1.31. The number of piperidine rings is 1. The molecule has 2 aliphatic heterocycles. The monoisotopic (exact) mass is 515 g/mol. The normalized spacial score (nSPS) is 25.4. The number of hydrogen-bond donors (Lipinski definition) is 3. The number of phenolic OH excluding ortho intramolecular Hbond substituents is 1. The van der Waals surface area contributed by atoms with E-state index in [1.807, 2.05) is 12.1 Å². The number of rotatable bonds is 4. The summed E-state index contributed by atoms with van der Waals surface area (Å²) in [5.41, 5.74) is 1.67. The van der Waals surface area contributed by atoms with Gasteiger partial charge in [-0.1, -0.05) is 41.3 Å². The summed E-state index contributed by atoms with van der Waals surface area (Å²) in [5, 5.41) is 10.4. The number of likely N-dealkylation sites (N-methyl/N-ethyl adjacent to an activating group) is 1. The minimum atomic E-state index is -3.27. The molecule has 2 fully saturated rings. The molecule has 6 nitrogen and oxygen atoms in total. The smallest absolute Gasteiger partial charge is 0.131 e. The van der Waals surface area contributed by atoms with Crippen LogP contribution in [0.2, 0.25) is 0 Å². The standard InChI is InChI=1S/C27H31F2N3O3S/c1-19-16-27(18-30(2)36(34,35)32(27)22-7-5-6-21(28)15-22)12-13-31(19)17-20-10-11-26(33)24(14-20)23-8-3-4-9-25(23)29/h3-11,14-15,19,33-35H,12-13,16-18H2,1-2H3/t19-,27+/m0/s1. The Balaban J connectivity index is 1.39. The average Bonchev–Trinajstić information content (AvgIpc) is 3.01. The van der Waals surface area contributed by atoms with Gasteiger partial charge in [-0.05, 0) is 61.7 Å². The van der Waals surface area contributed by atoms with Crippen LogP contribution >= 0.6 is 11.0 Å². The first-order valence-electron chi connectivity index (χ1n) is 12.0. The van der Waals surface area contributed by atoms with Crippen molar-refractivity contribution >= 4 is 16.6 Å². The first-order chi connectivity index (χ1) is 17.1. The van der Waals surface area contributed by atoms with Crippen LogP contribution in [0, 0.1) is 11.6 Å². The first kappa shape index (κ1) is 25.0. The highest BCUT2D eigenvalue weighted by Crippen LogP contribution is 2.61. The fraction of sp³-hybridized carbons (Fsp3) is 0.333. The molecule has 192 valence electrons. The van der Waals surface area contributed by atoms with Crippen molar-refractivity contribution in [1.82, 2.24) is 9.21 Å². The van der Waals surface area contributed by atoms with E-state index in [-0.39, 0.29) is 17.6 Å². The molecule has 1 spiro atoms. The molecule has 0 saturated carbocycles. The maximum absolute atomic E-state index is 14.4. The lowest BCUT2D eigenvalue weighted by molar-refractivity contribution is 0.100.